The van der Waals surface area contributed by atoms with E-state index in [0.717, 1.165) is 15.8 Å². The number of hydrogen-bond acceptors (Lipinski definition) is 2. The molecule has 0 aromatic heterocycles. The second-order valence-electron chi connectivity index (χ2n) is 3.67. The third-order valence-electron chi connectivity index (χ3n) is 2.31. The molecule has 4 N–H and O–H groups in total. The van der Waals surface area contributed by atoms with Gasteiger partial charge in [0.05, 0.1) is 11.4 Å². The molecule has 3 nitrogen and oxygen atoms in total. The van der Waals surface area contributed by atoms with Crippen LogP contribution in [0.2, 0.25) is 0 Å². The van der Waals surface area contributed by atoms with Gasteiger partial charge in [-0.15, -0.1) is 0 Å². The number of benzene rings is 2. The van der Waals surface area contributed by atoms with Crippen molar-refractivity contribution in [2.24, 2.45) is 0 Å². The Morgan fingerprint density at radius 3 is 2.33 bits per heavy atom. The molecule has 0 amide bonds. The van der Waals surface area contributed by atoms with E-state index in [9.17, 15) is 0 Å². The molecule has 0 saturated heterocycles. The first-order valence-electron chi connectivity index (χ1n) is 5.33. The van der Waals surface area contributed by atoms with Gasteiger partial charge in [0.1, 0.15) is 0 Å². The van der Waals surface area contributed by atoms with Crippen LogP contribution in [0.3, 0.4) is 0 Å². The van der Waals surface area contributed by atoms with Gasteiger partial charge in [0.15, 0.2) is 5.11 Å². The summed E-state index contributed by atoms with van der Waals surface area (Å²) in [6, 6.07) is 15.3. The quantitative estimate of drug-likeness (QED) is 0.581. The van der Waals surface area contributed by atoms with E-state index in [0.29, 0.717) is 10.8 Å². The third kappa shape index (κ3) is 3.45. The van der Waals surface area contributed by atoms with Crippen LogP contribution in [0.25, 0.3) is 0 Å². The van der Waals surface area contributed by atoms with Crippen LogP contribution in [0.5, 0.6) is 0 Å². The van der Waals surface area contributed by atoms with E-state index in [1.807, 2.05) is 48.5 Å². The van der Waals surface area contributed by atoms with E-state index in [-0.39, 0.29) is 0 Å². The van der Waals surface area contributed by atoms with Crippen molar-refractivity contribution < 1.29 is 0 Å². The highest BCUT2D eigenvalue weighted by Gasteiger charge is 2.01. The van der Waals surface area contributed by atoms with Gasteiger partial charge in [-0.1, -0.05) is 28.1 Å². The number of para-hydroxylation sites is 2. The van der Waals surface area contributed by atoms with Crippen LogP contribution in [-0.2, 0) is 0 Å². The van der Waals surface area contributed by atoms with Crippen molar-refractivity contribution in [3.8, 4) is 0 Å². The summed E-state index contributed by atoms with van der Waals surface area (Å²) in [6.07, 6.45) is 0. The Labute approximate surface area is 120 Å². The monoisotopic (exact) mass is 321 g/mol. The fourth-order valence-corrected chi connectivity index (χ4v) is 1.92. The Morgan fingerprint density at radius 2 is 1.67 bits per heavy atom. The summed E-state index contributed by atoms with van der Waals surface area (Å²) in [5.74, 6) is 0. The van der Waals surface area contributed by atoms with Crippen molar-refractivity contribution in [3.63, 3.8) is 0 Å². The van der Waals surface area contributed by atoms with Crippen LogP contribution in [0.1, 0.15) is 0 Å². The van der Waals surface area contributed by atoms with Crippen molar-refractivity contribution in [2.45, 2.75) is 0 Å². The Bertz CT molecular complexity index is 554. The second kappa shape index (κ2) is 5.84. The van der Waals surface area contributed by atoms with Gasteiger partial charge in [0.25, 0.3) is 0 Å². The highest BCUT2D eigenvalue weighted by molar-refractivity contribution is 9.10. The molecule has 0 bridgehead atoms. The molecule has 0 aliphatic heterocycles. The van der Waals surface area contributed by atoms with Crippen molar-refractivity contribution in [2.75, 3.05) is 16.4 Å². The number of nitrogens with two attached hydrogens (primary N) is 1. The fourth-order valence-electron chi connectivity index (χ4n) is 1.43. The molecule has 2 rings (SSSR count). The third-order valence-corrected chi connectivity index (χ3v) is 3.04. The maximum Gasteiger partial charge on any atom is 0.175 e. The average molecular weight is 322 g/mol. The molecule has 92 valence electrons. The van der Waals surface area contributed by atoms with E-state index < -0.39 is 0 Å². The van der Waals surface area contributed by atoms with Gasteiger partial charge >= 0.3 is 0 Å². The molecule has 0 spiro atoms. The lowest BCUT2D eigenvalue weighted by Crippen LogP contribution is -2.19. The molecule has 0 saturated carbocycles. The molecule has 0 unspecified atom stereocenters. The summed E-state index contributed by atoms with van der Waals surface area (Å²) in [4.78, 5) is 0. The van der Waals surface area contributed by atoms with Gasteiger partial charge in [0, 0.05) is 10.2 Å². The average Bonchev–Trinajstić information content (AvgIpc) is 2.35. The first kappa shape index (κ1) is 12.9. The minimum absolute atomic E-state index is 0.509. The standard InChI is InChI=1S/C13H12BrN3S/c14-9-5-7-10(8-6-9)16-13(18)17-12-4-2-1-3-11(12)15/h1-8H,15H2,(H2,16,17,18). The molecule has 2 aromatic carbocycles. The number of rotatable bonds is 2. The summed E-state index contributed by atoms with van der Waals surface area (Å²) < 4.78 is 1.03. The molecule has 0 fully saturated rings. The van der Waals surface area contributed by atoms with E-state index in [4.69, 9.17) is 18.0 Å². The molecule has 0 atom stereocenters. The van der Waals surface area contributed by atoms with Gasteiger partial charge < -0.3 is 16.4 Å². The van der Waals surface area contributed by atoms with E-state index in [1.165, 1.54) is 0 Å². The number of hydrogen-bond donors (Lipinski definition) is 3. The molecular weight excluding hydrogens is 310 g/mol. The number of thiocarbonyl (C=S) groups is 1. The topological polar surface area (TPSA) is 50.1 Å². The Morgan fingerprint density at radius 1 is 1.00 bits per heavy atom. The zero-order valence-corrected chi connectivity index (χ0v) is 11.9. The predicted octanol–water partition coefficient (Wildman–Crippen LogP) is 3.84. The molecular formula is C13H12BrN3S. The maximum atomic E-state index is 5.83. The minimum Gasteiger partial charge on any atom is -0.397 e. The summed E-state index contributed by atoms with van der Waals surface area (Å²) in [5.41, 5.74) is 8.21. The van der Waals surface area contributed by atoms with Gasteiger partial charge in [-0.25, -0.2) is 0 Å². The van der Waals surface area contributed by atoms with E-state index in [2.05, 4.69) is 26.6 Å². The zero-order chi connectivity index (χ0) is 13.0. The largest absolute Gasteiger partial charge is 0.397 e. The Kier molecular flexibility index (Phi) is 4.17. The lowest BCUT2D eigenvalue weighted by atomic mass is 10.3. The van der Waals surface area contributed by atoms with Crippen LogP contribution in [0, 0.1) is 0 Å². The minimum atomic E-state index is 0.509. The summed E-state index contributed by atoms with van der Waals surface area (Å²) >= 11 is 8.60. The van der Waals surface area contributed by atoms with Crippen molar-refractivity contribution in [1.29, 1.82) is 0 Å². The number of nitrogen functional groups attached to an aromatic ring is 1. The smallest absolute Gasteiger partial charge is 0.175 e. The van der Waals surface area contributed by atoms with Crippen LogP contribution >= 0.6 is 28.1 Å². The van der Waals surface area contributed by atoms with Crippen LogP contribution in [0.4, 0.5) is 17.1 Å². The van der Waals surface area contributed by atoms with Gasteiger partial charge in [-0.3, -0.25) is 0 Å². The highest BCUT2D eigenvalue weighted by Crippen LogP contribution is 2.18. The Hall–Kier alpha value is -1.59. The first-order chi connectivity index (χ1) is 8.65. The maximum absolute atomic E-state index is 5.83. The summed E-state index contributed by atoms with van der Waals surface area (Å²) in [5, 5.41) is 6.66. The number of nitrogens with one attached hydrogen (secondary N) is 2. The first-order valence-corrected chi connectivity index (χ1v) is 6.53. The van der Waals surface area contributed by atoms with Gasteiger partial charge in [-0.2, -0.15) is 0 Å². The molecule has 0 aliphatic carbocycles. The highest BCUT2D eigenvalue weighted by atomic mass is 79.9. The number of anilines is 3. The summed E-state index contributed by atoms with van der Waals surface area (Å²) in [7, 11) is 0. The van der Waals surface area contributed by atoms with Crippen molar-refractivity contribution in [1.82, 2.24) is 0 Å². The van der Waals surface area contributed by atoms with Gasteiger partial charge in [-0.05, 0) is 48.6 Å². The number of halogens is 1. The van der Waals surface area contributed by atoms with Crippen molar-refractivity contribution >= 4 is 50.3 Å². The summed E-state index contributed by atoms with van der Waals surface area (Å²) in [6.45, 7) is 0. The lowest BCUT2D eigenvalue weighted by Gasteiger charge is -2.12. The molecule has 18 heavy (non-hydrogen) atoms. The molecule has 0 radical (unpaired) electrons. The van der Waals surface area contributed by atoms with Crippen LogP contribution in [-0.4, -0.2) is 5.11 Å². The SMILES string of the molecule is Nc1ccccc1NC(=S)Nc1ccc(Br)cc1. The molecule has 0 heterocycles. The predicted molar refractivity (Wildman–Crippen MR) is 84.8 cm³/mol. The van der Waals surface area contributed by atoms with Crippen LogP contribution < -0.4 is 16.4 Å². The second-order valence-corrected chi connectivity index (χ2v) is 5.00. The van der Waals surface area contributed by atoms with Crippen molar-refractivity contribution in [3.05, 3.63) is 53.0 Å². The van der Waals surface area contributed by atoms with Gasteiger partial charge in [0.2, 0.25) is 0 Å². The fraction of sp³-hybridized carbons (Fsp3) is 0. The molecule has 2 aromatic rings. The Balaban J connectivity index is 2.01. The normalized spacial score (nSPS) is 9.83. The zero-order valence-electron chi connectivity index (χ0n) is 9.48. The van der Waals surface area contributed by atoms with E-state index in [1.54, 1.807) is 0 Å². The van der Waals surface area contributed by atoms with Crippen LogP contribution in [0.15, 0.2) is 53.0 Å². The molecule has 5 heteroatoms. The van der Waals surface area contributed by atoms with E-state index >= 15 is 0 Å². The lowest BCUT2D eigenvalue weighted by molar-refractivity contribution is 1.58. The molecule has 0 aliphatic rings.